The lowest BCUT2D eigenvalue weighted by molar-refractivity contribution is 0.373. The van der Waals surface area contributed by atoms with Crippen molar-refractivity contribution < 1.29 is 4.74 Å². The van der Waals surface area contributed by atoms with E-state index in [1.54, 1.807) is 13.3 Å². The van der Waals surface area contributed by atoms with Crippen LogP contribution in [0.25, 0.3) is 33.5 Å². The van der Waals surface area contributed by atoms with E-state index in [0.29, 0.717) is 11.6 Å². The van der Waals surface area contributed by atoms with E-state index < -0.39 is 0 Å². The molecule has 0 aliphatic carbocycles. The first-order valence-electron chi connectivity index (χ1n) is 9.00. The summed E-state index contributed by atoms with van der Waals surface area (Å²) in [5.41, 5.74) is 10.6. The van der Waals surface area contributed by atoms with Gasteiger partial charge in [-0.1, -0.05) is 0 Å². The molecule has 4 rings (SSSR count). The number of anilines is 1. The summed E-state index contributed by atoms with van der Waals surface area (Å²) < 4.78 is 7.21. The second kappa shape index (κ2) is 7.32. The molecule has 0 radical (unpaired) electrons. The second-order valence-corrected chi connectivity index (χ2v) is 6.92. The van der Waals surface area contributed by atoms with Crippen LogP contribution in [0, 0.1) is 0 Å². The number of fused-ring (bicyclic) bond motifs is 1. The highest BCUT2D eigenvalue weighted by atomic mass is 16.5. The van der Waals surface area contributed by atoms with E-state index in [-0.39, 0.29) is 0 Å². The molecule has 28 heavy (non-hydrogen) atoms. The molecule has 0 amide bonds. The fourth-order valence-corrected chi connectivity index (χ4v) is 3.00. The van der Waals surface area contributed by atoms with Crippen LogP contribution in [0.2, 0.25) is 0 Å². The SMILES string of the molecule is COc1ccc2nc(-c3cc(-c4cnn(CCN(C)C)c4)cnc3N)[nH]c2c1. The number of aromatic nitrogens is 5. The third-order valence-electron chi connectivity index (χ3n) is 4.61. The molecule has 0 spiro atoms. The Morgan fingerprint density at radius 2 is 2.04 bits per heavy atom. The van der Waals surface area contributed by atoms with Crippen molar-refractivity contribution in [3.63, 3.8) is 0 Å². The Morgan fingerprint density at radius 3 is 2.82 bits per heavy atom. The number of imidazole rings is 1. The summed E-state index contributed by atoms with van der Waals surface area (Å²) in [6.45, 7) is 1.75. The van der Waals surface area contributed by atoms with Crippen LogP contribution in [0.15, 0.2) is 42.9 Å². The minimum absolute atomic E-state index is 0.426. The summed E-state index contributed by atoms with van der Waals surface area (Å²) in [5.74, 6) is 1.87. The molecule has 8 heteroatoms. The summed E-state index contributed by atoms with van der Waals surface area (Å²) >= 11 is 0. The number of likely N-dealkylation sites (N-methyl/N-ethyl adjacent to an activating group) is 1. The van der Waals surface area contributed by atoms with Crippen LogP contribution in [-0.4, -0.2) is 57.4 Å². The third kappa shape index (κ3) is 3.54. The van der Waals surface area contributed by atoms with Gasteiger partial charge in [-0.05, 0) is 32.3 Å². The van der Waals surface area contributed by atoms with Crippen LogP contribution < -0.4 is 10.5 Å². The van der Waals surface area contributed by atoms with Gasteiger partial charge in [0.1, 0.15) is 17.4 Å². The summed E-state index contributed by atoms with van der Waals surface area (Å²) in [5, 5.41) is 4.44. The van der Waals surface area contributed by atoms with E-state index in [0.717, 1.165) is 46.6 Å². The lowest BCUT2D eigenvalue weighted by Crippen LogP contribution is -2.18. The quantitative estimate of drug-likeness (QED) is 0.536. The van der Waals surface area contributed by atoms with Crippen LogP contribution in [0.5, 0.6) is 5.75 Å². The largest absolute Gasteiger partial charge is 0.497 e. The van der Waals surface area contributed by atoms with Gasteiger partial charge in [-0.25, -0.2) is 9.97 Å². The van der Waals surface area contributed by atoms with Gasteiger partial charge in [0.05, 0.1) is 36.4 Å². The Labute approximate surface area is 163 Å². The van der Waals surface area contributed by atoms with Gasteiger partial charge in [0, 0.05) is 36.1 Å². The van der Waals surface area contributed by atoms with Crippen molar-refractivity contribution in [3.05, 3.63) is 42.9 Å². The number of methoxy groups -OCH3 is 1. The molecule has 0 bridgehead atoms. The van der Waals surface area contributed by atoms with E-state index in [1.165, 1.54) is 0 Å². The zero-order valence-electron chi connectivity index (χ0n) is 16.2. The smallest absolute Gasteiger partial charge is 0.142 e. The minimum Gasteiger partial charge on any atom is -0.497 e. The molecule has 8 nitrogen and oxygen atoms in total. The topological polar surface area (TPSA) is 97.9 Å². The molecule has 0 aliphatic rings. The maximum absolute atomic E-state index is 6.14. The Kier molecular flexibility index (Phi) is 4.70. The Morgan fingerprint density at radius 1 is 1.18 bits per heavy atom. The number of pyridine rings is 1. The van der Waals surface area contributed by atoms with Gasteiger partial charge in [0.15, 0.2) is 0 Å². The summed E-state index contributed by atoms with van der Waals surface area (Å²) in [7, 11) is 5.73. The van der Waals surface area contributed by atoms with Gasteiger partial charge in [-0.2, -0.15) is 5.10 Å². The van der Waals surface area contributed by atoms with E-state index >= 15 is 0 Å². The Hall–Kier alpha value is -3.39. The van der Waals surface area contributed by atoms with Crippen molar-refractivity contribution in [2.24, 2.45) is 0 Å². The van der Waals surface area contributed by atoms with Gasteiger partial charge < -0.3 is 20.4 Å². The molecule has 0 saturated heterocycles. The number of hydrogen-bond acceptors (Lipinski definition) is 6. The number of rotatable bonds is 6. The van der Waals surface area contributed by atoms with Gasteiger partial charge in [-0.15, -0.1) is 0 Å². The zero-order valence-corrected chi connectivity index (χ0v) is 16.2. The summed E-state index contributed by atoms with van der Waals surface area (Å²) in [6.07, 6.45) is 5.62. The summed E-state index contributed by atoms with van der Waals surface area (Å²) in [4.78, 5) is 14.5. The first-order chi connectivity index (χ1) is 13.5. The van der Waals surface area contributed by atoms with E-state index in [4.69, 9.17) is 10.5 Å². The first kappa shape index (κ1) is 18.0. The van der Waals surface area contributed by atoms with Gasteiger partial charge in [0.2, 0.25) is 0 Å². The van der Waals surface area contributed by atoms with Gasteiger partial charge in [0.25, 0.3) is 0 Å². The van der Waals surface area contributed by atoms with E-state index in [1.807, 2.05) is 55.4 Å². The number of nitrogen functional groups attached to an aromatic ring is 1. The van der Waals surface area contributed by atoms with Crippen molar-refractivity contribution >= 4 is 16.9 Å². The molecular weight excluding hydrogens is 354 g/mol. The van der Waals surface area contributed by atoms with Crippen molar-refractivity contribution in [3.8, 4) is 28.3 Å². The van der Waals surface area contributed by atoms with E-state index in [2.05, 4.69) is 25.0 Å². The highest BCUT2D eigenvalue weighted by Gasteiger charge is 2.13. The number of nitrogens with zero attached hydrogens (tertiary/aromatic N) is 5. The maximum Gasteiger partial charge on any atom is 0.142 e. The van der Waals surface area contributed by atoms with Crippen LogP contribution in [-0.2, 0) is 6.54 Å². The average molecular weight is 377 g/mol. The summed E-state index contributed by atoms with van der Waals surface area (Å²) in [6, 6.07) is 7.70. The standard InChI is InChI=1S/C20H23N7O/c1-26(2)6-7-27-12-14(11-23-27)13-8-16(19(21)22-10-13)20-24-17-5-4-15(28-3)9-18(17)25-20/h4-5,8-12H,6-7H2,1-3H3,(H2,21,22)(H,24,25). The lowest BCUT2D eigenvalue weighted by Gasteiger charge is -2.08. The monoisotopic (exact) mass is 377 g/mol. The molecule has 1 aromatic carbocycles. The normalized spacial score (nSPS) is 11.4. The number of benzene rings is 1. The van der Waals surface area contributed by atoms with E-state index in [9.17, 15) is 0 Å². The molecular formula is C20H23N7O. The van der Waals surface area contributed by atoms with Crippen molar-refractivity contribution in [2.75, 3.05) is 33.5 Å². The van der Waals surface area contributed by atoms with Gasteiger partial charge >= 0.3 is 0 Å². The van der Waals surface area contributed by atoms with Crippen LogP contribution >= 0.6 is 0 Å². The molecule has 0 fully saturated rings. The van der Waals surface area contributed by atoms with Crippen molar-refractivity contribution in [1.82, 2.24) is 29.6 Å². The number of hydrogen-bond donors (Lipinski definition) is 2. The Bertz CT molecular complexity index is 1110. The fraction of sp³-hybridized carbons (Fsp3) is 0.250. The molecule has 3 N–H and O–H groups in total. The molecule has 3 heterocycles. The number of nitrogens with one attached hydrogen (secondary N) is 1. The number of ether oxygens (including phenoxy) is 1. The number of nitrogens with two attached hydrogens (primary N) is 1. The van der Waals surface area contributed by atoms with Crippen molar-refractivity contribution in [2.45, 2.75) is 6.54 Å². The first-order valence-corrected chi connectivity index (χ1v) is 9.00. The molecule has 3 aromatic heterocycles. The minimum atomic E-state index is 0.426. The lowest BCUT2D eigenvalue weighted by atomic mass is 10.1. The van der Waals surface area contributed by atoms with Crippen LogP contribution in [0.4, 0.5) is 5.82 Å². The predicted octanol–water partition coefficient (Wildman–Crippen LogP) is 2.64. The number of aromatic amines is 1. The molecule has 0 unspecified atom stereocenters. The zero-order chi connectivity index (χ0) is 19.7. The van der Waals surface area contributed by atoms with Crippen LogP contribution in [0.1, 0.15) is 0 Å². The highest BCUT2D eigenvalue weighted by Crippen LogP contribution is 2.30. The Balaban J connectivity index is 1.68. The number of H-pyrrole nitrogens is 1. The fourth-order valence-electron chi connectivity index (χ4n) is 3.00. The van der Waals surface area contributed by atoms with Crippen LogP contribution in [0.3, 0.4) is 0 Å². The predicted molar refractivity (Wildman–Crippen MR) is 110 cm³/mol. The average Bonchev–Trinajstić information content (AvgIpc) is 3.33. The molecule has 4 aromatic rings. The highest BCUT2D eigenvalue weighted by molar-refractivity contribution is 5.84. The third-order valence-corrected chi connectivity index (χ3v) is 4.61. The molecule has 144 valence electrons. The molecule has 0 aliphatic heterocycles. The second-order valence-electron chi connectivity index (χ2n) is 6.92. The maximum atomic E-state index is 6.14. The van der Waals surface area contributed by atoms with Gasteiger partial charge in [-0.3, -0.25) is 4.68 Å². The molecule has 0 saturated carbocycles. The van der Waals surface area contributed by atoms with Crippen molar-refractivity contribution in [1.29, 1.82) is 0 Å². The molecule has 0 atom stereocenters.